The first-order chi connectivity index (χ1) is 12.4. The van der Waals surface area contributed by atoms with Crippen LogP contribution in [0.3, 0.4) is 0 Å². The fraction of sp³-hybridized carbons (Fsp3) is 0.222. The molecule has 2 aromatic carbocycles. The lowest BCUT2D eigenvalue weighted by molar-refractivity contribution is -0.141. The molecule has 26 heavy (non-hydrogen) atoms. The quantitative estimate of drug-likeness (QED) is 0.874. The van der Waals surface area contributed by atoms with Crippen LogP contribution in [0.15, 0.2) is 53.4 Å². The van der Waals surface area contributed by atoms with E-state index < -0.39 is 32.4 Å². The van der Waals surface area contributed by atoms with Crippen molar-refractivity contribution in [3.8, 4) is 17.6 Å². The number of carboxylic acids is 1. The summed E-state index contributed by atoms with van der Waals surface area (Å²) in [7, 11) is -4.02. The van der Waals surface area contributed by atoms with Crippen LogP contribution in [-0.4, -0.2) is 31.5 Å². The van der Waals surface area contributed by atoms with E-state index in [4.69, 9.17) is 9.47 Å². The molecule has 1 heterocycles. The van der Waals surface area contributed by atoms with Crippen molar-refractivity contribution >= 4 is 15.8 Å². The number of sulfone groups is 1. The molecule has 4 rings (SSSR count). The van der Waals surface area contributed by atoms with Crippen LogP contribution in [0, 0.1) is 16.7 Å². The Morgan fingerprint density at radius 3 is 2.50 bits per heavy atom. The largest absolute Gasteiger partial charge is 0.480 e. The first-order valence-electron chi connectivity index (χ1n) is 7.76. The van der Waals surface area contributed by atoms with Crippen molar-refractivity contribution in [2.24, 2.45) is 5.41 Å². The van der Waals surface area contributed by atoms with E-state index in [0.717, 1.165) is 0 Å². The van der Waals surface area contributed by atoms with Crippen molar-refractivity contribution in [3.63, 3.8) is 0 Å². The number of nitriles is 1. The minimum absolute atomic E-state index is 0.00545. The molecule has 7 nitrogen and oxygen atoms in total. The van der Waals surface area contributed by atoms with Gasteiger partial charge >= 0.3 is 5.97 Å². The second-order valence-electron chi connectivity index (χ2n) is 6.16. The topological polar surface area (TPSA) is 114 Å². The predicted octanol–water partition coefficient (Wildman–Crippen LogP) is 1.95. The van der Waals surface area contributed by atoms with Gasteiger partial charge in [-0.2, -0.15) is 5.26 Å². The van der Waals surface area contributed by atoms with Crippen LogP contribution in [0.4, 0.5) is 0 Å². The van der Waals surface area contributed by atoms with E-state index in [9.17, 15) is 23.6 Å². The Bertz CT molecular complexity index is 1040. The van der Waals surface area contributed by atoms with E-state index in [0.29, 0.717) is 17.1 Å². The van der Waals surface area contributed by atoms with Crippen molar-refractivity contribution in [2.45, 2.75) is 16.1 Å². The molecular formula is C18H13NO6S. The highest BCUT2D eigenvalue weighted by molar-refractivity contribution is 7.92. The Labute approximate surface area is 149 Å². The molecule has 132 valence electrons. The summed E-state index contributed by atoms with van der Waals surface area (Å²) in [6.45, 7) is 0.0392. The Morgan fingerprint density at radius 2 is 1.85 bits per heavy atom. The maximum absolute atomic E-state index is 13.0. The number of benzene rings is 2. The van der Waals surface area contributed by atoms with E-state index in [1.54, 1.807) is 42.5 Å². The van der Waals surface area contributed by atoms with E-state index in [1.165, 1.54) is 12.1 Å². The lowest BCUT2D eigenvalue weighted by atomic mass is 10.0. The van der Waals surface area contributed by atoms with Crippen LogP contribution in [0.5, 0.6) is 11.5 Å². The van der Waals surface area contributed by atoms with Crippen LogP contribution in [0.25, 0.3) is 0 Å². The van der Waals surface area contributed by atoms with Crippen LogP contribution < -0.4 is 9.47 Å². The first kappa shape index (κ1) is 16.4. The minimum atomic E-state index is -4.02. The monoisotopic (exact) mass is 371 g/mol. The first-order valence-corrected chi connectivity index (χ1v) is 9.30. The summed E-state index contributed by atoms with van der Waals surface area (Å²) in [6, 6.07) is 14.0. The Kier molecular flexibility index (Phi) is 3.46. The summed E-state index contributed by atoms with van der Waals surface area (Å²) in [5, 5.41) is 17.9. The number of ether oxygens (including phenoxy) is 2. The smallest absolute Gasteiger partial charge is 0.326 e. The average Bonchev–Trinajstić information content (AvgIpc) is 3.15. The van der Waals surface area contributed by atoms with Gasteiger partial charge in [-0.15, -0.1) is 0 Å². The maximum atomic E-state index is 13.0. The van der Waals surface area contributed by atoms with Crippen molar-refractivity contribution < 1.29 is 27.8 Å². The zero-order valence-corrected chi connectivity index (χ0v) is 14.1. The van der Waals surface area contributed by atoms with Gasteiger partial charge in [-0.25, -0.2) is 8.42 Å². The summed E-state index contributed by atoms with van der Waals surface area (Å²) in [5.74, 6) is -1.55. The number of fused-ring (bicyclic) bond motifs is 1. The van der Waals surface area contributed by atoms with Gasteiger partial charge in [0.1, 0.15) is 5.25 Å². The highest BCUT2D eigenvalue weighted by Gasteiger charge is 2.77. The van der Waals surface area contributed by atoms with Gasteiger partial charge in [-0.05, 0) is 29.8 Å². The summed E-state index contributed by atoms with van der Waals surface area (Å²) in [6.07, 6.45) is 0. The Morgan fingerprint density at radius 1 is 1.15 bits per heavy atom. The number of nitrogens with zero attached hydrogens (tertiary/aromatic N) is 1. The third kappa shape index (κ3) is 2.10. The average molecular weight is 371 g/mol. The van der Waals surface area contributed by atoms with Crippen molar-refractivity contribution in [1.29, 1.82) is 5.26 Å². The van der Waals surface area contributed by atoms with Gasteiger partial charge < -0.3 is 14.6 Å². The zero-order valence-electron chi connectivity index (χ0n) is 13.3. The molecule has 3 atom stereocenters. The van der Waals surface area contributed by atoms with Gasteiger partial charge in [0.2, 0.25) is 6.79 Å². The second-order valence-corrected chi connectivity index (χ2v) is 8.22. The number of rotatable bonds is 4. The van der Waals surface area contributed by atoms with Crippen LogP contribution in [0.2, 0.25) is 0 Å². The third-order valence-corrected chi connectivity index (χ3v) is 7.08. The number of aliphatic carboxylic acids is 1. The highest BCUT2D eigenvalue weighted by atomic mass is 32.2. The number of hydrogen-bond acceptors (Lipinski definition) is 6. The fourth-order valence-corrected chi connectivity index (χ4v) is 5.79. The van der Waals surface area contributed by atoms with E-state index in [-0.39, 0.29) is 11.7 Å². The van der Waals surface area contributed by atoms with Crippen molar-refractivity contribution in [1.82, 2.24) is 0 Å². The summed E-state index contributed by atoms with van der Waals surface area (Å²) in [5.41, 5.74) is -1.62. The molecule has 1 fully saturated rings. The van der Waals surface area contributed by atoms with Gasteiger partial charge in [0.25, 0.3) is 0 Å². The molecule has 0 saturated heterocycles. The molecule has 0 amide bonds. The van der Waals surface area contributed by atoms with Crippen molar-refractivity contribution in [3.05, 3.63) is 54.1 Å². The molecule has 8 heteroatoms. The van der Waals surface area contributed by atoms with Gasteiger partial charge in [-0.3, -0.25) is 4.79 Å². The zero-order chi connectivity index (χ0) is 18.5. The molecule has 1 saturated carbocycles. The number of hydrogen-bond donors (Lipinski definition) is 1. The molecule has 1 aliphatic carbocycles. The molecule has 0 radical (unpaired) electrons. The fourth-order valence-electron chi connectivity index (χ4n) is 3.52. The molecule has 1 aliphatic heterocycles. The van der Waals surface area contributed by atoms with Crippen LogP contribution >= 0.6 is 0 Å². The molecule has 2 aromatic rings. The molecule has 2 aliphatic rings. The van der Waals surface area contributed by atoms with E-state index >= 15 is 0 Å². The van der Waals surface area contributed by atoms with E-state index in [2.05, 4.69) is 0 Å². The molecule has 1 N–H and O–H groups in total. The SMILES string of the molecule is N#C[C@@]1(C(=O)O)[C@H](S(=O)(=O)c2ccccc2)[C@@H]1c1ccc2c(c1)OCO2. The van der Waals surface area contributed by atoms with Crippen LogP contribution in [-0.2, 0) is 14.6 Å². The lowest BCUT2D eigenvalue weighted by Gasteiger charge is -2.04. The highest BCUT2D eigenvalue weighted by Crippen LogP contribution is 2.64. The number of carbonyl (C=O) groups is 1. The predicted molar refractivity (Wildman–Crippen MR) is 88.4 cm³/mol. The summed E-state index contributed by atoms with van der Waals surface area (Å²) < 4.78 is 36.5. The molecule has 0 unspecified atom stereocenters. The van der Waals surface area contributed by atoms with E-state index in [1.807, 2.05) is 0 Å². The summed E-state index contributed by atoms with van der Waals surface area (Å²) >= 11 is 0. The number of carboxylic acid groups (broad SMARTS) is 1. The lowest BCUT2D eigenvalue weighted by Crippen LogP contribution is -2.22. The standard InChI is InChI=1S/C18H13NO6S/c19-9-18(17(20)21)15(11-6-7-13-14(8-11)25-10-24-13)16(18)26(22,23)12-4-2-1-3-5-12/h1-8,15-16H,10H2,(H,20,21)/t15-,16+,18-/m0/s1. The van der Waals surface area contributed by atoms with Gasteiger partial charge in [-0.1, -0.05) is 24.3 Å². The Balaban J connectivity index is 1.83. The van der Waals surface area contributed by atoms with Crippen molar-refractivity contribution in [2.75, 3.05) is 6.79 Å². The third-order valence-electron chi connectivity index (χ3n) is 4.83. The normalized spacial score (nSPS) is 26.1. The maximum Gasteiger partial charge on any atom is 0.326 e. The molecule has 0 spiro atoms. The van der Waals surface area contributed by atoms with Crippen LogP contribution in [0.1, 0.15) is 11.5 Å². The molecular weight excluding hydrogens is 358 g/mol. The minimum Gasteiger partial charge on any atom is -0.480 e. The summed E-state index contributed by atoms with van der Waals surface area (Å²) in [4.78, 5) is 11.9. The molecule has 0 aromatic heterocycles. The Hall–Kier alpha value is -3.05. The second kappa shape index (κ2) is 5.47. The van der Waals surface area contributed by atoms with Gasteiger partial charge in [0.05, 0.1) is 11.0 Å². The van der Waals surface area contributed by atoms with Gasteiger partial charge in [0, 0.05) is 5.92 Å². The molecule has 0 bridgehead atoms. The van der Waals surface area contributed by atoms with Gasteiger partial charge in [0.15, 0.2) is 26.8 Å².